The highest BCUT2D eigenvalue weighted by Gasteiger charge is 2.18. The summed E-state index contributed by atoms with van der Waals surface area (Å²) in [6.45, 7) is 1.47. The molecule has 0 aliphatic heterocycles. The first kappa shape index (κ1) is 16.3. The molecule has 0 radical (unpaired) electrons. The smallest absolute Gasteiger partial charge is 0.258 e. The molecule has 1 rings (SSSR count). The van der Waals surface area contributed by atoms with Gasteiger partial charge in [0.2, 0.25) is 0 Å². The Hall–Kier alpha value is -0.730. The second kappa shape index (κ2) is 6.87. The van der Waals surface area contributed by atoms with E-state index in [0.29, 0.717) is 0 Å². The molecule has 4 N–H and O–H groups in total. The third-order valence-electron chi connectivity index (χ3n) is 2.00. The Balaban J connectivity index is 0.00000256. The zero-order valence-corrected chi connectivity index (χ0v) is 10.9. The van der Waals surface area contributed by atoms with Gasteiger partial charge >= 0.3 is 0 Å². The summed E-state index contributed by atoms with van der Waals surface area (Å²) in [6.07, 6.45) is 0.467. The molecule has 0 saturated heterocycles. The summed E-state index contributed by atoms with van der Waals surface area (Å²) in [7, 11) is -3.67. The molecule has 17 heavy (non-hydrogen) atoms. The molecule has 0 bridgehead atoms. The van der Waals surface area contributed by atoms with E-state index in [1.807, 2.05) is 0 Å². The van der Waals surface area contributed by atoms with Crippen LogP contribution in [0.25, 0.3) is 0 Å². The quantitative estimate of drug-likeness (QED) is 0.674. The molecule has 8 heteroatoms. The number of aliphatic hydroxyl groups excluding tert-OH is 1. The number of hydrogen-bond acceptors (Lipinski definition) is 5. The van der Waals surface area contributed by atoms with E-state index in [0.717, 1.165) is 0 Å². The first-order valence-electron chi connectivity index (χ1n) is 4.78. The first-order valence-corrected chi connectivity index (χ1v) is 6.26. The third-order valence-corrected chi connectivity index (χ3v) is 3.34. The summed E-state index contributed by atoms with van der Waals surface area (Å²) < 4.78 is 25.5. The fraction of sp³-hybridized carbons (Fsp3) is 0.444. The maximum Gasteiger partial charge on any atom is 0.258 e. The van der Waals surface area contributed by atoms with Crippen LogP contribution in [0.2, 0.25) is 0 Å². The van der Waals surface area contributed by atoms with Crippen molar-refractivity contribution in [1.29, 1.82) is 0 Å². The molecule has 1 aromatic rings. The Morgan fingerprint density at radius 2 is 2.18 bits per heavy atom. The Bertz CT molecular complexity index is 424. The van der Waals surface area contributed by atoms with Crippen LogP contribution in [-0.4, -0.2) is 37.2 Å². The lowest BCUT2D eigenvalue weighted by Gasteiger charge is -2.14. The van der Waals surface area contributed by atoms with Crippen molar-refractivity contribution < 1.29 is 13.5 Å². The van der Waals surface area contributed by atoms with Gasteiger partial charge < -0.3 is 10.8 Å². The molecular formula is C9H16ClN3O3S. The van der Waals surface area contributed by atoms with Crippen molar-refractivity contribution in [3.63, 3.8) is 0 Å². The normalized spacial score (nSPS) is 14.8. The van der Waals surface area contributed by atoms with Crippen LogP contribution in [0, 0.1) is 0 Å². The molecule has 0 aliphatic carbocycles. The summed E-state index contributed by atoms with van der Waals surface area (Å²) in [5.41, 5.74) is 5.40. The van der Waals surface area contributed by atoms with Gasteiger partial charge in [-0.15, -0.1) is 12.4 Å². The van der Waals surface area contributed by atoms with Crippen molar-refractivity contribution in [3.05, 3.63) is 24.4 Å². The van der Waals surface area contributed by atoms with Gasteiger partial charge in [0.25, 0.3) is 10.0 Å². The van der Waals surface area contributed by atoms with E-state index in [1.54, 1.807) is 19.1 Å². The zero-order valence-electron chi connectivity index (χ0n) is 9.28. The number of halogens is 1. The third kappa shape index (κ3) is 4.97. The van der Waals surface area contributed by atoms with Crippen LogP contribution in [0.15, 0.2) is 29.4 Å². The van der Waals surface area contributed by atoms with Crippen molar-refractivity contribution >= 4 is 22.4 Å². The summed E-state index contributed by atoms with van der Waals surface area (Å²) in [5, 5.41) is 9.29. The SMILES string of the molecule is CC(N)C(O)CNS(=O)(=O)c1ccccn1.Cl. The minimum atomic E-state index is -3.67. The van der Waals surface area contributed by atoms with Crippen molar-refractivity contribution in [3.8, 4) is 0 Å². The molecule has 0 amide bonds. The highest BCUT2D eigenvalue weighted by Crippen LogP contribution is 2.03. The molecule has 2 unspecified atom stereocenters. The Morgan fingerprint density at radius 3 is 2.65 bits per heavy atom. The molecule has 0 saturated carbocycles. The second-order valence-electron chi connectivity index (χ2n) is 3.45. The fourth-order valence-electron chi connectivity index (χ4n) is 0.961. The minimum Gasteiger partial charge on any atom is -0.390 e. The predicted octanol–water partition coefficient (Wildman–Crippen LogP) is -0.510. The van der Waals surface area contributed by atoms with Crippen LogP contribution < -0.4 is 10.5 Å². The lowest BCUT2D eigenvalue weighted by Crippen LogP contribution is -2.41. The molecule has 1 aromatic heterocycles. The van der Waals surface area contributed by atoms with Gasteiger partial charge in [-0.25, -0.2) is 18.1 Å². The van der Waals surface area contributed by atoms with E-state index in [9.17, 15) is 13.5 Å². The Morgan fingerprint density at radius 1 is 1.53 bits per heavy atom. The average molecular weight is 282 g/mol. The number of nitrogens with one attached hydrogen (secondary N) is 1. The average Bonchev–Trinajstić information content (AvgIpc) is 2.27. The van der Waals surface area contributed by atoms with E-state index < -0.39 is 22.2 Å². The largest absolute Gasteiger partial charge is 0.390 e. The topological polar surface area (TPSA) is 105 Å². The van der Waals surface area contributed by atoms with Crippen LogP contribution >= 0.6 is 12.4 Å². The molecule has 2 atom stereocenters. The van der Waals surface area contributed by atoms with Gasteiger partial charge in [0.1, 0.15) is 0 Å². The van der Waals surface area contributed by atoms with E-state index in [2.05, 4.69) is 9.71 Å². The van der Waals surface area contributed by atoms with Crippen LogP contribution in [-0.2, 0) is 10.0 Å². The number of hydrogen-bond donors (Lipinski definition) is 3. The summed E-state index contributed by atoms with van der Waals surface area (Å²) in [4.78, 5) is 3.71. The molecule has 0 spiro atoms. The monoisotopic (exact) mass is 281 g/mol. The van der Waals surface area contributed by atoms with Crippen LogP contribution in [0.4, 0.5) is 0 Å². The van der Waals surface area contributed by atoms with Crippen LogP contribution in [0.3, 0.4) is 0 Å². The molecule has 6 nitrogen and oxygen atoms in total. The van der Waals surface area contributed by atoms with Gasteiger partial charge in [-0.2, -0.15) is 0 Å². The molecule has 0 fully saturated rings. The van der Waals surface area contributed by atoms with Gasteiger partial charge in [0, 0.05) is 18.8 Å². The predicted molar refractivity (Wildman–Crippen MR) is 66.3 cm³/mol. The highest BCUT2D eigenvalue weighted by molar-refractivity contribution is 7.89. The number of aromatic nitrogens is 1. The molecular weight excluding hydrogens is 266 g/mol. The number of rotatable bonds is 5. The van der Waals surface area contributed by atoms with E-state index in [4.69, 9.17) is 5.73 Å². The van der Waals surface area contributed by atoms with Crippen molar-refractivity contribution in [2.24, 2.45) is 5.73 Å². The lowest BCUT2D eigenvalue weighted by atomic mass is 10.2. The van der Waals surface area contributed by atoms with Crippen LogP contribution in [0.5, 0.6) is 0 Å². The molecule has 98 valence electrons. The summed E-state index contributed by atoms with van der Waals surface area (Å²) in [5.74, 6) is 0. The Labute approximate surface area is 107 Å². The van der Waals surface area contributed by atoms with Gasteiger partial charge in [-0.05, 0) is 19.1 Å². The van der Waals surface area contributed by atoms with Gasteiger partial charge in [-0.1, -0.05) is 6.07 Å². The maximum atomic E-state index is 11.6. The van der Waals surface area contributed by atoms with Crippen molar-refractivity contribution in [2.75, 3.05) is 6.54 Å². The number of sulfonamides is 1. The lowest BCUT2D eigenvalue weighted by molar-refractivity contribution is 0.155. The molecule has 1 heterocycles. The number of nitrogens with two attached hydrogens (primary N) is 1. The van der Waals surface area contributed by atoms with Crippen molar-refractivity contribution in [1.82, 2.24) is 9.71 Å². The standard InChI is InChI=1S/C9H15N3O3S.ClH/c1-7(10)8(13)6-12-16(14,15)9-4-2-3-5-11-9;/h2-5,7-8,12-13H,6,10H2,1H3;1H. The van der Waals surface area contributed by atoms with E-state index in [-0.39, 0.29) is 24.0 Å². The summed E-state index contributed by atoms with van der Waals surface area (Å²) in [6, 6.07) is 4.08. The first-order chi connectivity index (χ1) is 7.43. The number of nitrogens with zero attached hydrogens (tertiary/aromatic N) is 1. The highest BCUT2D eigenvalue weighted by atomic mass is 35.5. The zero-order chi connectivity index (χ0) is 12.2. The fourth-order valence-corrected chi connectivity index (χ4v) is 1.96. The summed E-state index contributed by atoms with van der Waals surface area (Å²) >= 11 is 0. The maximum absolute atomic E-state index is 11.6. The second-order valence-corrected chi connectivity index (χ2v) is 5.16. The van der Waals surface area contributed by atoms with E-state index in [1.165, 1.54) is 12.3 Å². The molecule has 0 aromatic carbocycles. The minimum absolute atomic E-state index is 0. The number of aliphatic hydroxyl groups is 1. The van der Waals surface area contributed by atoms with Crippen LogP contribution in [0.1, 0.15) is 6.92 Å². The van der Waals surface area contributed by atoms with Gasteiger partial charge in [-0.3, -0.25) is 0 Å². The molecule has 0 aliphatic rings. The Kier molecular flexibility index (Phi) is 6.58. The van der Waals surface area contributed by atoms with Crippen molar-refractivity contribution in [2.45, 2.75) is 24.1 Å². The number of pyridine rings is 1. The van der Waals surface area contributed by atoms with Gasteiger partial charge in [0.05, 0.1) is 6.10 Å². The van der Waals surface area contributed by atoms with E-state index >= 15 is 0 Å². The van der Waals surface area contributed by atoms with Gasteiger partial charge in [0.15, 0.2) is 5.03 Å².